The second-order valence-corrected chi connectivity index (χ2v) is 11.0. The summed E-state index contributed by atoms with van der Waals surface area (Å²) in [6.45, 7) is 11.1. The molecule has 1 aromatic rings. The molecule has 2 atom stereocenters. The number of anilines is 1. The fourth-order valence-electron chi connectivity index (χ4n) is 5.93. The number of aryl methyl sites for hydroxylation is 2. The van der Waals surface area contributed by atoms with Gasteiger partial charge in [0, 0.05) is 24.2 Å². The summed E-state index contributed by atoms with van der Waals surface area (Å²) < 4.78 is 13.6. The molecule has 35 heavy (non-hydrogen) atoms. The van der Waals surface area contributed by atoms with Crippen LogP contribution in [-0.2, 0) is 12.8 Å². The molecule has 3 heterocycles. The Morgan fingerprint density at radius 2 is 2.00 bits per heavy atom. The molecule has 2 aliphatic heterocycles. The Kier molecular flexibility index (Phi) is 9.32. The van der Waals surface area contributed by atoms with E-state index >= 15 is 0 Å². The smallest absolute Gasteiger partial charge is 0.130 e. The molecule has 0 bridgehead atoms. The normalized spacial score (nSPS) is 20.1. The molecule has 1 fully saturated rings. The van der Waals surface area contributed by atoms with Crippen LogP contribution in [0.2, 0.25) is 0 Å². The zero-order chi connectivity index (χ0) is 24.7. The van der Waals surface area contributed by atoms with Crippen molar-refractivity contribution in [2.75, 3.05) is 44.8 Å². The van der Waals surface area contributed by atoms with Crippen LogP contribution in [0, 0.1) is 17.3 Å². The first-order chi connectivity index (χ1) is 17.1. The number of nitrogens with zero attached hydrogens (tertiary/aromatic N) is 4. The maximum atomic E-state index is 13.6. The van der Waals surface area contributed by atoms with Crippen LogP contribution in [0.1, 0.15) is 83.4 Å². The predicted molar refractivity (Wildman–Crippen MR) is 146 cm³/mol. The van der Waals surface area contributed by atoms with Crippen LogP contribution >= 0.6 is 0 Å². The van der Waals surface area contributed by atoms with Gasteiger partial charge in [0.05, 0.1) is 18.1 Å². The number of halogens is 1. The second-order valence-electron chi connectivity index (χ2n) is 11.0. The third-order valence-corrected chi connectivity index (χ3v) is 8.60. The summed E-state index contributed by atoms with van der Waals surface area (Å²) in [7, 11) is 0. The minimum absolute atomic E-state index is 0.145. The first-order valence-corrected chi connectivity index (χ1v) is 14.2. The second kappa shape index (κ2) is 12.4. The number of hydrogen-bond acceptors (Lipinski definition) is 5. The van der Waals surface area contributed by atoms with Crippen molar-refractivity contribution in [1.82, 2.24) is 9.88 Å². The van der Waals surface area contributed by atoms with E-state index < -0.39 is 0 Å². The van der Waals surface area contributed by atoms with Crippen molar-refractivity contribution in [1.29, 1.82) is 0 Å². The van der Waals surface area contributed by atoms with Crippen molar-refractivity contribution in [2.45, 2.75) is 85.0 Å². The van der Waals surface area contributed by atoms with E-state index in [1.165, 1.54) is 41.9 Å². The van der Waals surface area contributed by atoms with Crippen LogP contribution in [0.4, 0.5) is 10.2 Å². The molecule has 5 nitrogen and oxygen atoms in total. The molecular weight excluding hydrogens is 437 g/mol. The monoisotopic (exact) mass is 483 g/mol. The highest BCUT2D eigenvalue weighted by Gasteiger charge is 2.52. The van der Waals surface area contributed by atoms with Crippen molar-refractivity contribution >= 4 is 17.2 Å². The maximum absolute atomic E-state index is 13.6. The fourth-order valence-corrected chi connectivity index (χ4v) is 5.93. The standard InChI is InChI=1S/C29H46FN5/c1-4-23(19-30)20-35(17-7-6-10-25-12-11-24-9-8-16-31-28(24)34-25)18-13-22(3)29(14-15-29)27-26(5-2)32-21-33-27/h11-12,22-23H,4-10,13-21H2,1-3H3,(H,31,34). The lowest BCUT2D eigenvalue weighted by Gasteiger charge is -2.30. The van der Waals surface area contributed by atoms with Gasteiger partial charge in [0.1, 0.15) is 12.5 Å². The van der Waals surface area contributed by atoms with Gasteiger partial charge in [-0.25, -0.2) is 4.98 Å². The highest BCUT2D eigenvalue weighted by Crippen LogP contribution is 2.55. The van der Waals surface area contributed by atoms with Crippen molar-refractivity contribution in [3.05, 3.63) is 23.4 Å². The Hall–Kier alpha value is -1.82. The third-order valence-electron chi connectivity index (χ3n) is 8.60. The minimum atomic E-state index is -0.217. The van der Waals surface area contributed by atoms with Gasteiger partial charge in [-0.1, -0.05) is 26.8 Å². The van der Waals surface area contributed by atoms with Crippen molar-refractivity contribution in [3.63, 3.8) is 0 Å². The molecule has 1 aromatic heterocycles. The van der Waals surface area contributed by atoms with Crippen LogP contribution in [-0.4, -0.2) is 60.8 Å². The van der Waals surface area contributed by atoms with E-state index in [2.05, 4.69) is 48.1 Å². The number of pyridine rings is 1. The van der Waals surface area contributed by atoms with Crippen LogP contribution in [0.15, 0.2) is 22.1 Å². The molecule has 6 heteroatoms. The van der Waals surface area contributed by atoms with Gasteiger partial charge in [0.15, 0.2) is 0 Å². The summed E-state index contributed by atoms with van der Waals surface area (Å²) >= 11 is 0. The summed E-state index contributed by atoms with van der Waals surface area (Å²) in [6.07, 6.45) is 11.1. The number of unbranched alkanes of at least 4 members (excludes halogenated alkanes) is 1. The zero-order valence-electron chi connectivity index (χ0n) is 22.3. The van der Waals surface area contributed by atoms with Crippen LogP contribution in [0.3, 0.4) is 0 Å². The number of fused-ring (bicyclic) bond motifs is 1. The quantitative estimate of drug-likeness (QED) is 0.305. The molecule has 0 amide bonds. The minimum Gasteiger partial charge on any atom is -0.370 e. The van der Waals surface area contributed by atoms with Crippen molar-refractivity contribution < 1.29 is 4.39 Å². The lowest BCUT2D eigenvalue weighted by atomic mass is 9.81. The fraction of sp³-hybridized carbons (Fsp3) is 0.759. The molecule has 1 saturated carbocycles. The summed E-state index contributed by atoms with van der Waals surface area (Å²) in [5, 5.41) is 3.45. The van der Waals surface area contributed by atoms with Gasteiger partial charge in [-0.15, -0.1) is 0 Å². The van der Waals surface area contributed by atoms with E-state index in [0.29, 0.717) is 12.6 Å². The Morgan fingerprint density at radius 1 is 1.14 bits per heavy atom. The Balaban J connectivity index is 1.28. The number of aromatic nitrogens is 1. The predicted octanol–water partition coefficient (Wildman–Crippen LogP) is 6.13. The van der Waals surface area contributed by atoms with Crippen LogP contribution in [0.25, 0.3) is 0 Å². The van der Waals surface area contributed by atoms with E-state index in [4.69, 9.17) is 9.98 Å². The maximum Gasteiger partial charge on any atom is 0.130 e. The SMILES string of the molecule is CCC1=NCN=C1C1(C(C)CCN(CCCCc2ccc3c(n2)NCCC3)CC(CC)CF)CC1. The summed E-state index contributed by atoms with van der Waals surface area (Å²) in [5.41, 5.74) is 5.34. The van der Waals surface area contributed by atoms with Crippen LogP contribution in [0.5, 0.6) is 0 Å². The van der Waals surface area contributed by atoms with Gasteiger partial charge in [-0.2, -0.15) is 0 Å². The van der Waals surface area contributed by atoms with Gasteiger partial charge >= 0.3 is 0 Å². The van der Waals surface area contributed by atoms with Gasteiger partial charge < -0.3 is 10.2 Å². The lowest BCUT2D eigenvalue weighted by molar-refractivity contribution is 0.185. The molecule has 3 aliphatic rings. The molecule has 1 N–H and O–H groups in total. The first-order valence-electron chi connectivity index (χ1n) is 14.2. The lowest BCUT2D eigenvalue weighted by Crippen LogP contribution is -2.35. The van der Waals surface area contributed by atoms with E-state index in [0.717, 1.165) is 76.9 Å². The number of nitrogens with one attached hydrogen (secondary N) is 1. The summed E-state index contributed by atoms with van der Waals surface area (Å²) in [5.74, 6) is 1.83. The molecule has 0 aromatic carbocycles. The third kappa shape index (κ3) is 6.49. The Morgan fingerprint density at radius 3 is 2.74 bits per heavy atom. The van der Waals surface area contributed by atoms with Gasteiger partial charge in [0.2, 0.25) is 0 Å². The summed E-state index contributed by atoms with van der Waals surface area (Å²) in [4.78, 5) is 16.8. The molecule has 2 unspecified atom stereocenters. The van der Waals surface area contributed by atoms with E-state index in [1.807, 2.05) is 0 Å². The molecule has 194 valence electrons. The number of rotatable bonds is 15. The number of hydrogen-bond donors (Lipinski definition) is 1. The van der Waals surface area contributed by atoms with E-state index in [9.17, 15) is 4.39 Å². The number of alkyl halides is 1. The zero-order valence-corrected chi connectivity index (χ0v) is 22.3. The average molecular weight is 484 g/mol. The Labute approximate surface area is 212 Å². The van der Waals surface area contributed by atoms with Gasteiger partial charge in [-0.05, 0) is 101 Å². The summed E-state index contributed by atoms with van der Waals surface area (Å²) in [6, 6.07) is 4.46. The molecule has 1 aliphatic carbocycles. The molecule has 0 spiro atoms. The first kappa shape index (κ1) is 26.2. The average Bonchev–Trinajstić information content (AvgIpc) is 3.56. The molecule has 4 rings (SSSR count). The topological polar surface area (TPSA) is 52.9 Å². The van der Waals surface area contributed by atoms with Crippen LogP contribution < -0.4 is 5.32 Å². The highest BCUT2D eigenvalue weighted by molar-refractivity contribution is 6.45. The van der Waals surface area contributed by atoms with Gasteiger partial charge in [-0.3, -0.25) is 14.4 Å². The molecule has 0 saturated heterocycles. The largest absolute Gasteiger partial charge is 0.370 e. The van der Waals surface area contributed by atoms with E-state index in [1.54, 1.807) is 0 Å². The van der Waals surface area contributed by atoms with Crippen molar-refractivity contribution in [2.24, 2.45) is 27.2 Å². The van der Waals surface area contributed by atoms with Gasteiger partial charge in [0.25, 0.3) is 0 Å². The number of aliphatic imine (C=N–C) groups is 2. The Bertz CT molecular complexity index is 887. The molecule has 0 radical (unpaired) electrons. The van der Waals surface area contributed by atoms with E-state index in [-0.39, 0.29) is 18.0 Å². The molecular formula is C29H46FN5. The highest BCUT2D eigenvalue weighted by atomic mass is 19.1. The van der Waals surface area contributed by atoms with Crippen molar-refractivity contribution in [3.8, 4) is 0 Å².